The summed E-state index contributed by atoms with van der Waals surface area (Å²) >= 11 is 0. The molecule has 0 aromatic heterocycles. The first kappa shape index (κ1) is 15.2. The molecule has 112 valence electrons. The number of anilines is 2. The number of sulfone groups is 1. The molecule has 0 bridgehead atoms. The zero-order valence-electron chi connectivity index (χ0n) is 12.2. The van der Waals surface area contributed by atoms with Crippen LogP contribution in [0.15, 0.2) is 23.1 Å². The molecule has 2 unspecified atom stereocenters. The van der Waals surface area contributed by atoms with Crippen molar-refractivity contribution in [1.29, 1.82) is 0 Å². The number of rotatable bonds is 3. The number of para-hydroxylation sites is 1. The van der Waals surface area contributed by atoms with Gasteiger partial charge in [-0.25, -0.2) is 8.42 Å². The Kier molecular flexibility index (Phi) is 4.58. The molecule has 3 N–H and O–H groups in total. The zero-order valence-corrected chi connectivity index (χ0v) is 13.0. The van der Waals surface area contributed by atoms with Gasteiger partial charge in [0.1, 0.15) is 0 Å². The summed E-state index contributed by atoms with van der Waals surface area (Å²) in [4.78, 5) is 0.212. The Bertz CT molecular complexity index is 569. The number of nitrogens with one attached hydrogen (secondary N) is 1. The van der Waals surface area contributed by atoms with Crippen LogP contribution in [-0.2, 0) is 9.84 Å². The van der Waals surface area contributed by atoms with Gasteiger partial charge in [0.15, 0.2) is 9.84 Å². The maximum Gasteiger partial charge on any atom is 0.177 e. The molecular weight excluding hydrogens is 272 g/mol. The molecule has 1 aliphatic rings. The van der Waals surface area contributed by atoms with E-state index in [1.165, 1.54) is 25.5 Å². The van der Waals surface area contributed by atoms with Crippen molar-refractivity contribution in [2.45, 2.75) is 50.0 Å². The SMILES string of the molecule is CC1CCCC(Nc2cccc(S(C)(=O)=O)c2N)CC1. The lowest BCUT2D eigenvalue weighted by Gasteiger charge is -2.20. The van der Waals surface area contributed by atoms with E-state index in [-0.39, 0.29) is 4.90 Å². The second-order valence-electron chi connectivity index (χ2n) is 5.94. The van der Waals surface area contributed by atoms with Crippen molar-refractivity contribution in [3.05, 3.63) is 18.2 Å². The molecule has 0 aliphatic heterocycles. The monoisotopic (exact) mass is 296 g/mol. The van der Waals surface area contributed by atoms with Crippen molar-refractivity contribution in [1.82, 2.24) is 0 Å². The minimum atomic E-state index is -3.28. The van der Waals surface area contributed by atoms with Crippen LogP contribution in [0.5, 0.6) is 0 Å². The standard InChI is InChI=1S/C15H24N2O2S/c1-11-5-3-6-12(10-9-11)17-13-7-4-8-14(15(13)16)20(2,18)19/h4,7-8,11-12,17H,3,5-6,9-10,16H2,1-2H3. The summed E-state index contributed by atoms with van der Waals surface area (Å²) in [6.45, 7) is 2.29. The lowest BCUT2D eigenvalue weighted by molar-refractivity contribution is 0.502. The molecule has 2 atom stereocenters. The highest BCUT2D eigenvalue weighted by Crippen LogP contribution is 2.30. The van der Waals surface area contributed by atoms with Gasteiger partial charge in [-0.2, -0.15) is 0 Å². The minimum Gasteiger partial charge on any atom is -0.396 e. The second-order valence-corrected chi connectivity index (χ2v) is 7.93. The zero-order chi connectivity index (χ0) is 14.8. The largest absolute Gasteiger partial charge is 0.396 e. The van der Waals surface area contributed by atoms with Gasteiger partial charge in [-0.3, -0.25) is 0 Å². The van der Waals surface area contributed by atoms with Gasteiger partial charge in [-0.15, -0.1) is 0 Å². The van der Waals surface area contributed by atoms with Crippen molar-refractivity contribution < 1.29 is 8.42 Å². The lowest BCUT2D eigenvalue weighted by atomic mass is 10.0. The average Bonchev–Trinajstić information content (AvgIpc) is 2.56. The molecule has 1 aromatic rings. The minimum absolute atomic E-state index is 0.212. The predicted octanol–water partition coefficient (Wildman–Crippen LogP) is 3.05. The molecule has 5 heteroatoms. The molecule has 0 amide bonds. The normalized spacial score (nSPS) is 24.1. The van der Waals surface area contributed by atoms with Crippen LogP contribution >= 0.6 is 0 Å². The number of nitrogen functional groups attached to an aromatic ring is 1. The van der Waals surface area contributed by atoms with Crippen LogP contribution in [0, 0.1) is 5.92 Å². The van der Waals surface area contributed by atoms with Gasteiger partial charge in [0, 0.05) is 12.3 Å². The van der Waals surface area contributed by atoms with Gasteiger partial charge in [0.2, 0.25) is 0 Å². The van der Waals surface area contributed by atoms with Crippen molar-refractivity contribution in [3.63, 3.8) is 0 Å². The van der Waals surface area contributed by atoms with Crippen LogP contribution < -0.4 is 11.1 Å². The summed E-state index contributed by atoms with van der Waals surface area (Å²) in [6.07, 6.45) is 7.12. The topological polar surface area (TPSA) is 72.2 Å². The van der Waals surface area contributed by atoms with Crippen molar-refractivity contribution in [2.75, 3.05) is 17.3 Å². The molecule has 1 saturated carbocycles. The highest BCUT2D eigenvalue weighted by molar-refractivity contribution is 7.90. The molecule has 4 nitrogen and oxygen atoms in total. The molecule has 0 spiro atoms. The van der Waals surface area contributed by atoms with Crippen LogP contribution in [0.3, 0.4) is 0 Å². The highest BCUT2D eigenvalue weighted by atomic mass is 32.2. The van der Waals surface area contributed by atoms with Crippen molar-refractivity contribution in [2.24, 2.45) is 5.92 Å². The summed E-state index contributed by atoms with van der Waals surface area (Å²) in [6, 6.07) is 5.55. The van der Waals surface area contributed by atoms with Crippen LogP contribution in [-0.4, -0.2) is 20.7 Å². The Balaban J connectivity index is 2.17. The summed E-state index contributed by atoms with van der Waals surface area (Å²) in [7, 11) is -3.28. The summed E-state index contributed by atoms with van der Waals surface area (Å²) in [5, 5.41) is 3.43. The Hall–Kier alpha value is -1.23. The highest BCUT2D eigenvalue weighted by Gasteiger charge is 2.19. The first-order valence-electron chi connectivity index (χ1n) is 7.23. The van der Waals surface area contributed by atoms with Crippen LogP contribution in [0.1, 0.15) is 39.0 Å². The Morgan fingerprint density at radius 3 is 2.65 bits per heavy atom. The van der Waals surface area contributed by atoms with Gasteiger partial charge < -0.3 is 11.1 Å². The Morgan fingerprint density at radius 2 is 1.95 bits per heavy atom. The van der Waals surface area contributed by atoms with Gasteiger partial charge in [0.25, 0.3) is 0 Å². The van der Waals surface area contributed by atoms with Crippen LogP contribution in [0.4, 0.5) is 11.4 Å². The fourth-order valence-electron chi connectivity index (χ4n) is 2.84. The third-order valence-corrected chi connectivity index (χ3v) is 5.24. The fraction of sp³-hybridized carbons (Fsp3) is 0.600. The molecule has 0 saturated heterocycles. The predicted molar refractivity (Wildman–Crippen MR) is 83.6 cm³/mol. The molecule has 2 rings (SSSR count). The number of hydrogen-bond acceptors (Lipinski definition) is 4. The van der Waals surface area contributed by atoms with Gasteiger partial charge in [-0.1, -0.05) is 25.8 Å². The third kappa shape index (κ3) is 3.66. The van der Waals surface area contributed by atoms with E-state index in [4.69, 9.17) is 5.73 Å². The number of benzene rings is 1. The quantitative estimate of drug-likeness (QED) is 0.664. The Labute approximate surface area is 121 Å². The first-order chi connectivity index (χ1) is 9.38. The van der Waals surface area contributed by atoms with Crippen LogP contribution in [0.2, 0.25) is 0 Å². The van der Waals surface area contributed by atoms with E-state index in [2.05, 4.69) is 12.2 Å². The first-order valence-corrected chi connectivity index (χ1v) is 9.12. The Morgan fingerprint density at radius 1 is 1.20 bits per heavy atom. The van der Waals surface area contributed by atoms with E-state index in [0.29, 0.717) is 11.7 Å². The third-order valence-electron chi connectivity index (χ3n) is 4.08. The molecule has 20 heavy (non-hydrogen) atoms. The number of hydrogen-bond donors (Lipinski definition) is 2. The summed E-state index contributed by atoms with van der Waals surface area (Å²) < 4.78 is 23.4. The van der Waals surface area contributed by atoms with Crippen molar-refractivity contribution >= 4 is 21.2 Å². The van der Waals surface area contributed by atoms with E-state index in [1.807, 2.05) is 6.07 Å². The van der Waals surface area contributed by atoms with E-state index >= 15 is 0 Å². The molecule has 0 heterocycles. The molecule has 0 radical (unpaired) electrons. The van der Waals surface area contributed by atoms with Crippen LogP contribution in [0.25, 0.3) is 0 Å². The molecule has 1 fully saturated rings. The van der Waals surface area contributed by atoms with Gasteiger partial charge in [-0.05, 0) is 37.3 Å². The molecule has 1 aromatic carbocycles. The van der Waals surface area contributed by atoms with E-state index < -0.39 is 9.84 Å². The smallest absolute Gasteiger partial charge is 0.177 e. The fourth-order valence-corrected chi connectivity index (χ4v) is 3.68. The maximum absolute atomic E-state index is 11.7. The molecule has 1 aliphatic carbocycles. The van der Waals surface area contributed by atoms with Gasteiger partial charge in [0.05, 0.1) is 16.3 Å². The number of nitrogens with two attached hydrogens (primary N) is 1. The van der Waals surface area contributed by atoms with E-state index in [1.54, 1.807) is 12.1 Å². The average molecular weight is 296 g/mol. The van der Waals surface area contributed by atoms with Gasteiger partial charge >= 0.3 is 0 Å². The summed E-state index contributed by atoms with van der Waals surface area (Å²) in [5.74, 6) is 0.779. The van der Waals surface area contributed by atoms with E-state index in [0.717, 1.165) is 24.4 Å². The lowest BCUT2D eigenvalue weighted by Crippen LogP contribution is -2.20. The molecular formula is C15H24N2O2S. The summed E-state index contributed by atoms with van der Waals surface area (Å²) in [5.41, 5.74) is 7.09. The van der Waals surface area contributed by atoms with Crippen molar-refractivity contribution in [3.8, 4) is 0 Å². The second kappa shape index (κ2) is 6.04. The van der Waals surface area contributed by atoms with E-state index in [9.17, 15) is 8.42 Å². The maximum atomic E-state index is 11.7.